The molecule has 12 nitrogen and oxygen atoms in total. The second-order valence-corrected chi connectivity index (χ2v) is 12.0. The van der Waals surface area contributed by atoms with E-state index < -0.39 is 68.3 Å². The maximum absolute atomic E-state index is 13.4. The lowest BCUT2D eigenvalue weighted by molar-refractivity contribution is 0.0893. The highest BCUT2D eigenvalue weighted by Crippen LogP contribution is 2.41. The fraction of sp³-hybridized carbons (Fsp3) is 0. The summed E-state index contributed by atoms with van der Waals surface area (Å²) in [5, 5.41) is -0.356. The Morgan fingerprint density at radius 1 is 0.800 bits per heavy atom. The number of nitrogens with zero attached hydrogens (tertiary/aromatic N) is 1. The van der Waals surface area contributed by atoms with E-state index in [0.717, 1.165) is 18.2 Å². The Morgan fingerprint density at radius 2 is 1.40 bits per heavy atom. The Bertz CT molecular complexity index is 1830. The van der Waals surface area contributed by atoms with Gasteiger partial charge in [-0.25, -0.2) is 13.3 Å². The van der Waals surface area contributed by atoms with Crippen molar-refractivity contribution in [1.29, 1.82) is 0 Å². The summed E-state index contributed by atoms with van der Waals surface area (Å²) >= 11 is 0. The van der Waals surface area contributed by atoms with Gasteiger partial charge in [-0.1, -0.05) is 12.6 Å². The van der Waals surface area contributed by atoms with Gasteiger partial charge < -0.3 is 5.73 Å². The minimum atomic E-state index is -5.10. The monoisotopic (exact) mass is 538 g/mol. The fourth-order valence-corrected chi connectivity index (χ4v) is 5.88. The number of sulfone groups is 1. The van der Waals surface area contributed by atoms with Gasteiger partial charge in [0.2, 0.25) is 0 Å². The van der Waals surface area contributed by atoms with Gasteiger partial charge >= 0.3 is 0 Å². The first-order chi connectivity index (χ1) is 16.1. The number of carbonyl (C=O) groups excluding carboxylic acids is 2. The predicted octanol–water partition coefficient (Wildman–Crippen LogP) is 1.63. The van der Waals surface area contributed by atoms with Crippen molar-refractivity contribution in [3.63, 3.8) is 0 Å². The number of anilines is 2. The van der Waals surface area contributed by atoms with E-state index in [9.17, 15) is 43.9 Å². The first-order valence-corrected chi connectivity index (χ1v) is 13.7. The SMILES string of the molecule is C=CS(=O)(=O)c1cccc(N2C(=O)c3ccc(S(=O)(=O)O)c4c(N)c(S(=O)(=O)O)cc(c34)C2=O)c1. The molecule has 0 saturated heterocycles. The molecule has 15 heteroatoms. The molecule has 4 N–H and O–H groups in total. The maximum Gasteiger partial charge on any atom is 0.296 e. The summed E-state index contributed by atoms with van der Waals surface area (Å²) in [5.41, 5.74) is 3.96. The van der Waals surface area contributed by atoms with Crippen LogP contribution in [0.5, 0.6) is 0 Å². The van der Waals surface area contributed by atoms with Gasteiger partial charge in [0, 0.05) is 21.7 Å². The molecule has 2 amide bonds. The smallest absolute Gasteiger partial charge is 0.296 e. The summed E-state index contributed by atoms with van der Waals surface area (Å²) in [5.74, 6) is -2.18. The number of nitrogens with two attached hydrogens (primary N) is 1. The van der Waals surface area contributed by atoms with Crippen LogP contribution in [0.15, 0.2) is 69.1 Å². The number of imide groups is 1. The van der Waals surface area contributed by atoms with E-state index in [1.807, 2.05) is 0 Å². The van der Waals surface area contributed by atoms with E-state index in [1.165, 1.54) is 18.2 Å². The van der Waals surface area contributed by atoms with Crippen molar-refractivity contribution in [2.24, 2.45) is 0 Å². The molecular weight excluding hydrogens is 524 g/mol. The van der Waals surface area contributed by atoms with Crippen molar-refractivity contribution in [3.05, 3.63) is 65.6 Å². The largest absolute Gasteiger partial charge is 0.397 e. The molecule has 1 heterocycles. The summed E-state index contributed by atoms with van der Waals surface area (Å²) in [6.07, 6.45) is 0. The highest BCUT2D eigenvalue weighted by atomic mass is 32.2. The van der Waals surface area contributed by atoms with Crippen LogP contribution in [0.4, 0.5) is 11.4 Å². The van der Waals surface area contributed by atoms with Gasteiger partial charge in [-0.05, 0) is 36.4 Å². The molecule has 0 saturated carbocycles. The van der Waals surface area contributed by atoms with Crippen LogP contribution in [0, 0.1) is 0 Å². The Kier molecular flexibility index (Phi) is 5.38. The van der Waals surface area contributed by atoms with Gasteiger partial charge in [0.25, 0.3) is 32.1 Å². The summed E-state index contributed by atoms with van der Waals surface area (Å²) < 4.78 is 91.4. The molecule has 0 bridgehead atoms. The van der Waals surface area contributed by atoms with Crippen LogP contribution in [0.1, 0.15) is 20.7 Å². The van der Waals surface area contributed by atoms with Crippen molar-refractivity contribution in [2.75, 3.05) is 10.6 Å². The highest BCUT2D eigenvalue weighted by molar-refractivity contribution is 7.94. The minimum Gasteiger partial charge on any atom is -0.397 e. The number of nitrogen functional groups attached to an aromatic ring is 1. The average molecular weight is 539 g/mol. The molecule has 1 aliphatic rings. The molecule has 0 unspecified atom stereocenters. The summed E-state index contributed by atoms with van der Waals surface area (Å²) in [6, 6.07) is 7.14. The van der Waals surface area contributed by atoms with Gasteiger partial charge in [0.05, 0.1) is 21.8 Å². The molecule has 182 valence electrons. The zero-order chi connectivity index (χ0) is 26.1. The van der Waals surface area contributed by atoms with Gasteiger partial charge in [-0.2, -0.15) is 16.8 Å². The van der Waals surface area contributed by atoms with Crippen molar-refractivity contribution in [3.8, 4) is 0 Å². The second-order valence-electron chi connectivity index (χ2n) is 7.30. The third-order valence-electron chi connectivity index (χ3n) is 5.29. The summed E-state index contributed by atoms with van der Waals surface area (Å²) in [4.78, 5) is 25.0. The number of amides is 2. The van der Waals surface area contributed by atoms with E-state index in [-0.39, 0.29) is 21.5 Å². The van der Waals surface area contributed by atoms with Gasteiger partial charge in [0.1, 0.15) is 9.79 Å². The van der Waals surface area contributed by atoms with Crippen LogP contribution < -0.4 is 10.6 Å². The van der Waals surface area contributed by atoms with E-state index in [2.05, 4.69) is 6.58 Å². The fourth-order valence-electron chi connectivity index (χ4n) is 3.77. The van der Waals surface area contributed by atoms with Crippen LogP contribution in [0.3, 0.4) is 0 Å². The predicted molar refractivity (Wildman–Crippen MR) is 123 cm³/mol. The number of hydrogen-bond acceptors (Lipinski definition) is 9. The lowest BCUT2D eigenvalue weighted by Crippen LogP contribution is -2.40. The molecule has 3 aromatic carbocycles. The van der Waals surface area contributed by atoms with Crippen molar-refractivity contribution in [2.45, 2.75) is 14.7 Å². The van der Waals surface area contributed by atoms with Crippen LogP contribution in [-0.2, 0) is 30.1 Å². The van der Waals surface area contributed by atoms with Crippen LogP contribution in [0.25, 0.3) is 10.8 Å². The lowest BCUT2D eigenvalue weighted by atomic mass is 9.92. The number of benzene rings is 3. The van der Waals surface area contributed by atoms with Crippen molar-refractivity contribution < 1.29 is 43.9 Å². The molecule has 3 aromatic rings. The van der Waals surface area contributed by atoms with Crippen molar-refractivity contribution in [1.82, 2.24) is 0 Å². The first kappa shape index (κ1) is 24.5. The first-order valence-electron chi connectivity index (χ1n) is 9.30. The zero-order valence-electron chi connectivity index (χ0n) is 17.2. The normalized spacial score (nSPS) is 14.4. The molecule has 1 aliphatic heterocycles. The van der Waals surface area contributed by atoms with Gasteiger partial charge in [0.15, 0.2) is 9.84 Å². The Hall–Kier alpha value is -3.63. The Morgan fingerprint density at radius 3 is 1.97 bits per heavy atom. The van der Waals surface area contributed by atoms with Crippen LogP contribution >= 0.6 is 0 Å². The molecule has 0 radical (unpaired) electrons. The van der Waals surface area contributed by atoms with E-state index in [1.54, 1.807) is 0 Å². The average Bonchev–Trinajstić information content (AvgIpc) is 2.76. The van der Waals surface area contributed by atoms with Gasteiger partial charge in [-0.3, -0.25) is 18.7 Å². The van der Waals surface area contributed by atoms with Crippen molar-refractivity contribution >= 4 is 64.0 Å². The summed E-state index contributed by atoms with van der Waals surface area (Å²) in [6.45, 7) is 3.21. The topological polar surface area (TPSA) is 206 Å². The molecule has 0 aliphatic carbocycles. The molecular formula is C20H14N2O10S3. The highest BCUT2D eigenvalue weighted by Gasteiger charge is 2.38. The minimum absolute atomic E-state index is 0.203. The second kappa shape index (κ2) is 7.69. The molecule has 0 spiro atoms. The Balaban J connectivity index is 2.12. The molecule has 0 aromatic heterocycles. The molecule has 0 fully saturated rings. The van der Waals surface area contributed by atoms with Gasteiger partial charge in [-0.15, -0.1) is 0 Å². The van der Waals surface area contributed by atoms with Crippen LogP contribution in [-0.4, -0.2) is 46.2 Å². The van der Waals surface area contributed by atoms with E-state index >= 15 is 0 Å². The maximum atomic E-state index is 13.4. The zero-order valence-corrected chi connectivity index (χ0v) is 19.7. The summed E-state index contributed by atoms with van der Waals surface area (Å²) in [7, 11) is -14.1. The third-order valence-corrected chi connectivity index (χ3v) is 8.43. The Labute approximate surface area is 198 Å². The number of hydrogen-bond donors (Lipinski definition) is 3. The van der Waals surface area contributed by atoms with E-state index in [0.29, 0.717) is 16.4 Å². The number of carbonyl (C=O) groups is 2. The van der Waals surface area contributed by atoms with E-state index in [4.69, 9.17) is 5.73 Å². The number of rotatable bonds is 5. The van der Waals surface area contributed by atoms with Crippen LogP contribution in [0.2, 0.25) is 0 Å². The third kappa shape index (κ3) is 3.78. The molecule has 35 heavy (non-hydrogen) atoms. The lowest BCUT2D eigenvalue weighted by Gasteiger charge is -2.28. The quantitative estimate of drug-likeness (QED) is 0.242. The standard InChI is InChI=1S/C20H14N2O10S3/c1-2-33(25,26)11-5-3-4-10(8-11)22-19(23)12-6-7-14(34(27,28)29)17-16(12)13(20(22)24)9-15(18(17)21)35(30,31)32/h2-9H,1,21H2,(H,27,28,29)(H,30,31,32). The molecule has 4 rings (SSSR count). The molecule has 0 atom stereocenters.